The first kappa shape index (κ1) is 10.5. The third kappa shape index (κ3) is 3.06. The number of hydrogen-bond donors (Lipinski definition) is 2. The van der Waals surface area contributed by atoms with Crippen LogP contribution in [0.3, 0.4) is 0 Å². The molecule has 1 rings (SSSR count). The number of nitrogens with zero attached hydrogens (tertiary/aromatic N) is 1. The summed E-state index contributed by atoms with van der Waals surface area (Å²) < 4.78 is 0. The first-order valence-electron chi connectivity index (χ1n) is 4.32. The fraction of sp³-hybridized carbons (Fsp3) is 0.300. The van der Waals surface area contributed by atoms with Crippen molar-refractivity contribution in [2.24, 2.45) is 0 Å². The molecule has 0 aromatic heterocycles. The highest BCUT2D eigenvalue weighted by Crippen LogP contribution is 2.21. The van der Waals surface area contributed by atoms with Crippen molar-refractivity contribution in [3.05, 3.63) is 24.3 Å². The Hall–Kier alpha value is -1.55. The van der Waals surface area contributed by atoms with E-state index in [1.807, 2.05) is 14.1 Å². The second-order valence-corrected chi connectivity index (χ2v) is 3.30. The molecule has 76 valence electrons. The number of likely N-dealkylation sites (N-methyl/N-ethyl adjacent to an activating group) is 1. The summed E-state index contributed by atoms with van der Waals surface area (Å²) in [5, 5.41) is 12.0. The van der Waals surface area contributed by atoms with E-state index in [1.165, 1.54) is 6.07 Å². The number of para-hydroxylation sites is 2. The molecule has 4 nitrogen and oxygen atoms in total. The topological polar surface area (TPSA) is 52.6 Å². The average molecular weight is 194 g/mol. The summed E-state index contributed by atoms with van der Waals surface area (Å²) in [6, 6.07) is 6.65. The van der Waals surface area contributed by atoms with Crippen molar-refractivity contribution in [2.45, 2.75) is 0 Å². The molecule has 0 spiro atoms. The van der Waals surface area contributed by atoms with Gasteiger partial charge in [0.05, 0.1) is 12.2 Å². The molecule has 0 atom stereocenters. The number of carbonyl (C=O) groups excluding carboxylic acids is 1. The smallest absolute Gasteiger partial charge is 0.238 e. The molecule has 1 aromatic carbocycles. The van der Waals surface area contributed by atoms with Crippen LogP contribution in [-0.2, 0) is 4.79 Å². The van der Waals surface area contributed by atoms with Crippen molar-refractivity contribution < 1.29 is 9.90 Å². The van der Waals surface area contributed by atoms with Crippen molar-refractivity contribution in [1.82, 2.24) is 4.90 Å². The molecule has 2 N–H and O–H groups in total. The van der Waals surface area contributed by atoms with Gasteiger partial charge in [0.1, 0.15) is 5.75 Å². The molecule has 0 aliphatic rings. The Morgan fingerprint density at radius 3 is 2.64 bits per heavy atom. The van der Waals surface area contributed by atoms with Crippen LogP contribution in [0, 0.1) is 0 Å². The van der Waals surface area contributed by atoms with Gasteiger partial charge in [0.15, 0.2) is 0 Å². The summed E-state index contributed by atoms with van der Waals surface area (Å²) >= 11 is 0. The van der Waals surface area contributed by atoms with Gasteiger partial charge in [-0.15, -0.1) is 0 Å². The van der Waals surface area contributed by atoms with Crippen LogP contribution in [-0.4, -0.2) is 36.6 Å². The molecular weight excluding hydrogens is 180 g/mol. The quantitative estimate of drug-likeness (QED) is 0.703. The highest BCUT2D eigenvalue weighted by atomic mass is 16.3. The number of carbonyl (C=O) groups is 1. The first-order valence-corrected chi connectivity index (χ1v) is 4.32. The lowest BCUT2D eigenvalue weighted by Gasteiger charge is -2.10. The Kier molecular flexibility index (Phi) is 3.48. The standard InChI is InChI=1S/C10H14N2O2/c1-12(2)7-10(14)11-8-5-3-4-6-9(8)13/h3-6,13H,7H2,1-2H3,(H,11,14). The van der Waals surface area contributed by atoms with Crippen molar-refractivity contribution in [3.63, 3.8) is 0 Å². The molecule has 1 amide bonds. The Balaban J connectivity index is 2.61. The van der Waals surface area contributed by atoms with E-state index in [-0.39, 0.29) is 11.7 Å². The average Bonchev–Trinajstić information content (AvgIpc) is 2.07. The highest BCUT2D eigenvalue weighted by molar-refractivity contribution is 5.93. The molecule has 0 fully saturated rings. The largest absolute Gasteiger partial charge is 0.506 e. The van der Waals surface area contributed by atoms with Crippen LogP contribution in [0.2, 0.25) is 0 Å². The van der Waals surface area contributed by atoms with Crippen molar-refractivity contribution >= 4 is 11.6 Å². The number of phenols is 1. The second kappa shape index (κ2) is 4.62. The molecular formula is C10H14N2O2. The lowest BCUT2D eigenvalue weighted by Crippen LogP contribution is -2.27. The van der Waals surface area contributed by atoms with E-state index < -0.39 is 0 Å². The van der Waals surface area contributed by atoms with E-state index in [0.717, 1.165) is 0 Å². The summed E-state index contributed by atoms with van der Waals surface area (Å²) in [6.07, 6.45) is 0. The van der Waals surface area contributed by atoms with E-state index in [1.54, 1.807) is 23.1 Å². The van der Waals surface area contributed by atoms with Gasteiger partial charge < -0.3 is 15.3 Å². The van der Waals surface area contributed by atoms with Crippen LogP contribution in [0.5, 0.6) is 5.75 Å². The van der Waals surface area contributed by atoms with Gasteiger partial charge in [-0.2, -0.15) is 0 Å². The zero-order valence-electron chi connectivity index (χ0n) is 8.32. The zero-order valence-corrected chi connectivity index (χ0v) is 8.32. The molecule has 0 saturated heterocycles. The summed E-state index contributed by atoms with van der Waals surface area (Å²) in [7, 11) is 3.62. The Morgan fingerprint density at radius 2 is 2.07 bits per heavy atom. The molecule has 0 heterocycles. The maximum Gasteiger partial charge on any atom is 0.238 e. The van der Waals surface area contributed by atoms with Crippen molar-refractivity contribution in [1.29, 1.82) is 0 Å². The second-order valence-electron chi connectivity index (χ2n) is 3.30. The fourth-order valence-electron chi connectivity index (χ4n) is 1.06. The number of nitrogens with one attached hydrogen (secondary N) is 1. The Morgan fingerprint density at radius 1 is 1.43 bits per heavy atom. The van der Waals surface area contributed by atoms with E-state index in [4.69, 9.17) is 0 Å². The summed E-state index contributed by atoms with van der Waals surface area (Å²) in [4.78, 5) is 13.1. The van der Waals surface area contributed by atoms with Crippen LogP contribution in [0.4, 0.5) is 5.69 Å². The molecule has 0 aliphatic heterocycles. The Labute approximate surface area is 83.2 Å². The van der Waals surface area contributed by atoms with Gasteiger partial charge in [-0.05, 0) is 26.2 Å². The number of benzene rings is 1. The van der Waals surface area contributed by atoms with Crippen molar-refractivity contribution in [3.8, 4) is 5.75 Å². The minimum absolute atomic E-state index is 0.0830. The van der Waals surface area contributed by atoms with Crippen LogP contribution in [0.15, 0.2) is 24.3 Å². The van der Waals surface area contributed by atoms with Crippen molar-refractivity contribution in [2.75, 3.05) is 26.0 Å². The third-order valence-electron chi connectivity index (χ3n) is 1.64. The molecule has 14 heavy (non-hydrogen) atoms. The summed E-state index contributed by atoms with van der Waals surface area (Å²) in [6.45, 7) is 0.300. The molecule has 4 heteroatoms. The number of aromatic hydroxyl groups is 1. The lowest BCUT2D eigenvalue weighted by atomic mass is 10.3. The molecule has 0 unspecified atom stereocenters. The highest BCUT2D eigenvalue weighted by Gasteiger charge is 2.05. The SMILES string of the molecule is CN(C)CC(=O)Nc1ccccc1O. The van der Waals surface area contributed by atoms with Gasteiger partial charge in [-0.25, -0.2) is 0 Å². The predicted molar refractivity (Wildman–Crippen MR) is 55.3 cm³/mol. The fourth-order valence-corrected chi connectivity index (χ4v) is 1.06. The number of amides is 1. The minimum Gasteiger partial charge on any atom is -0.506 e. The van der Waals surface area contributed by atoms with Crippen LogP contribution < -0.4 is 5.32 Å². The number of hydrogen-bond acceptors (Lipinski definition) is 3. The molecule has 0 radical (unpaired) electrons. The Bertz CT molecular complexity index is 324. The third-order valence-corrected chi connectivity index (χ3v) is 1.64. The van der Waals surface area contributed by atoms with Gasteiger partial charge in [-0.1, -0.05) is 12.1 Å². The van der Waals surface area contributed by atoms with Gasteiger partial charge in [-0.3, -0.25) is 4.79 Å². The van der Waals surface area contributed by atoms with E-state index in [2.05, 4.69) is 5.32 Å². The van der Waals surface area contributed by atoms with E-state index in [9.17, 15) is 9.90 Å². The summed E-state index contributed by atoms with van der Waals surface area (Å²) in [5.41, 5.74) is 0.444. The predicted octanol–water partition coefficient (Wildman–Crippen LogP) is 0.892. The van der Waals surface area contributed by atoms with Gasteiger partial charge in [0.2, 0.25) is 5.91 Å². The van der Waals surface area contributed by atoms with Crippen LogP contribution in [0.1, 0.15) is 0 Å². The minimum atomic E-state index is -0.142. The monoisotopic (exact) mass is 194 g/mol. The molecule has 0 aliphatic carbocycles. The van der Waals surface area contributed by atoms with E-state index >= 15 is 0 Å². The normalized spacial score (nSPS) is 10.2. The van der Waals surface area contributed by atoms with Gasteiger partial charge in [0, 0.05) is 0 Å². The maximum atomic E-state index is 11.3. The van der Waals surface area contributed by atoms with Gasteiger partial charge >= 0.3 is 0 Å². The van der Waals surface area contributed by atoms with Crippen LogP contribution in [0.25, 0.3) is 0 Å². The van der Waals surface area contributed by atoms with E-state index in [0.29, 0.717) is 12.2 Å². The van der Waals surface area contributed by atoms with Crippen LogP contribution >= 0.6 is 0 Å². The molecule has 0 bridgehead atoms. The summed E-state index contributed by atoms with van der Waals surface area (Å²) in [5.74, 6) is -0.0592. The number of phenolic OH excluding ortho intramolecular Hbond substituents is 1. The maximum absolute atomic E-state index is 11.3. The first-order chi connectivity index (χ1) is 6.59. The molecule has 1 aromatic rings. The van der Waals surface area contributed by atoms with Gasteiger partial charge in [0.25, 0.3) is 0 Å². The lowest BCUT2D eigenvalue weighted by molar-refractivity contribution is -0.116. The zero-order chi connectivity index (χ0) is 10.6. The number of anilines is 1. The number of rotatable bonds is 3. The molecule has 0 saturated carbocycles.